The number of nitrogens with zero attached hydrogens (tertiary/aromatic N) is 4. The van der Waals surface area contributed by atoms with Crippen molar-refractivity contribution in [1.82, 2.24) is 19.9 Å². The van der Waals surface area contributed by atoms with E-state index in [2.05, 4.69) is 102 Å². The van der Waals surface area contributed by atoms with Gasteiger partial charge in [0.1, 0.15) is 11.2 Å². The second kappa shape index (κ2) is 11.9. The summed E-state index contributed by atoms with van der Waals surface area (Å²) < 4.78 is 6.77. The van der Waals surface area contributed by atoms with E-state index in [0.717, 1.165) is 71.7 Å². The predicted octanol–water partition coefficient (Wildman–Crippen LogP) is 11.8. The topological polar surface area (TPSA) is 64.7 Å². The Morgan fingerprint density at radius 3 is 1.67 bits per heavy atom. The molecule has 51 heavy (non-hydrogen) atoms. The van der Waals surface area contributed by atoms with Gasteiger partial charge in [0.15, 0.2) is 17.5 Å². The molecule has 0 atom stereocenters. The zero-order valence-electron chi connectivity index (χ0n) is 27.4. The molecule has 10 aromatic rings. The van der Waals surface area contributed by atoms with Crippen LogP contribution in [0.1, 0.15) is 0 Å². The Kier molecular flexibility index (Phi) is 6.74. The molecule has 7 aromatic carbocycles. The maximum Gasteiger partial charge on any atom is 0.164 e. The van der Waals surface area contributed by atoms with Gasteiger partial charge in [-0.15, -0.1) is 0 Å². The lowest BCUT2D eigenvalue weighted by molar-refractivity contribution is 0.670. The number of furan rings is 1. The molecular formula is C46H28N4O. The lowest BCUT2D eigenvalue weighted by atomic mass is 9.93. The van der Waals surface area contributed by atoms with Crippen LogP contribution in [0.3, 0.4) is 0 Å². The first-order valence-corrected chi connectivity index (χ1v) is 17.0. The molecule has 0 unspecified atom stereocenters. The molecule has 0 bridgehead atoms. The fourth-order valence-electron chi connectivity index (χ4n) is 7.02. The second-order valence-electron chi connectivity index (χ2n) is 12.7. The molecule has 0 N–H and O–H groups in total. The summed E-state index contributed by atoms with van der Waals surface area (Å²) in [5.74, 6) is 1.91. The van der Waals surface area contributed by atoms with Crippen molar-refractivity contribution in [3.8, 4) is 56.4 Å². The van der Waals surface area contributed by atoms with Crippen molar-refractivity contribution in [3.63, 3.8) is 0 Å². The van der Waals surface area contributed by atoms with Crippen LogP contribution in [-0.2, 0) is 0 Å². The highest BCUT2D eigenvalue weighted by Crippen LogP contribution is 2.43. The summed E-state index contributed by atoms with van der Waals surface area (Å²) >= 11 is 0. The Morgan fingerprint density at radius 2 is 0.961 bits per heavy atom. The van der Waals surface area contributed by atoms with Crippen LogP contribution in [-0.4, -0.2) is 19.9 Å². The molecule has 5 heteroatoms. The average molecular weight is 653 g/mol. The van der Waals surface area contributed by atoms with Crippen molar-refractivity contribution in [2.45, 2.75) is 0 Å². The average Bonchev–Trinajstić information content (AvgIpc) is 3.58. The van der Waals surface area contributed by atoms with Gasteiger partial charge < -0.3 is 4.42 Å². The molecule has 0 spiro atoms. The summed E-state index contributed by atoms with van der Waals surface area (Å²) in [7, 11) is 0. The molecule has 0 amide bonds. The van der Waals surface area contributed by atoms with Crippen molar-refractivity contribution in [3.05, 3.63) is 170 Å². The van der Waals surface area contributed by atoms with Crippen LogP contribution in [0.2, 0.25) is 0 Å². The minimum Gasteiger partial charge on any atom is -0.455 e. The third-order valence-corrected chi connectivity index (χ3v) is 9.59. The Morgan fingerprint density at radius 1 is 0.392 bits per heavy atom. The predicted molar refractivity (Wildman–Crippen MR) is 207 cm³/mol. The first-order valence-electron chi connectivity index (χ1n) is 17.0. The third kappa shape index (κ3) is 5.11. The van der Waals surface area contributed by atoms with Gasteiger partial charge in [0.2, 0.25) is 0 Å². The summed E-state index contributed by atoms with van der Waals surface area (Å²) in [6.45, 7) is 0. The standard InChI is InChI=1S/C46H28N4O/c1-3-10-31(11-4-1)44-48-45(32-12-5-2-6-13-32)50-46(49-44)33-18-16-30(17-19-33)38-21-22-39(36-20-15-29-9-7-8-14-34(29)25-36)43-42(38)40-26-35-23-24-47-28-37(35)27-41(40)51-43/h1-28H. The highest BCUT2D eigenvalue weighted by Gasteiger charge is 2.19. The van der Waals surface area contributed by atoms with Crippen molar-refractivity contribution in [2.24, 2.45) is 0 Å². The Bertz CT molecular complexity index is 2840. The van der Waals surface area contributed by atoms with E-state index in [-0.39, 0.29) is 0 Å². The van der Waals surface area contributed by atoms with Gasteiger partial charge in [-0.05, 0) is 63.2 Å². The van der Waals surface area contributed by atoms with E-state index in [1.165, 1.54) is 10.8 Å². The Labute approximate surface area is 293 Å². The zero-order valence-corrected chi connectivity index (χ0v) is 27.4. The van der Waals surface area contributed by atoms with Gasteiger partial charge in [-0.1, -0.05) is 127 Å². The number of hydrogen-bond donors (Lipinski definition) is 0. The van der Waals surface area contributed by atoms with Crippen LogP contribution >= 0.6 is 0 Å². The summed E-state index contributed by atoms with van der Waals surface area (Å²) in [5.41, 5.74) is 8.84. The number of benzene rings is 7. The molecule has 0 aliphatic carbocycles. The minimum absolute atomic E-state index is 0.625. The largest absolute Gasteiger partial charge is 0.455 e. The summed E-state index contributed by atoms with van der Waals surface area (Å²) in [6.07, 6.45) is 3.73. The van der Waals surface area contributed by atoms with Crippen molar-refractivity contribution in [1.29, 1.82) is 0 Å². The van der Waals surface area contributed by atoms with E-state index in [4.69, 9.17) is 19.4 Å². The number of fused-ring (bicyclic) bond motifs is 5. The van der Waals surface area contributed by atoms with E-state index in [1.54, 1.807) is 0 Å². The van der Waals surface area contributed by atoms with Gasteiger partial charge in [-0.2, -0.15) is 0 Å². The molecule has 5 nitrogen and oxygen atoms in total. The molecule has 238 valence electrons. The summed E-state index contributed by atoms with van der Waals surface area (Å²) in [5, 5.41) is 6.73. The van der Waals surface area contributed by atoms with Crippen molar-refractivity contribution in [2.75, 3.05) is 0 Å². The SMILES string of the molecule is c1ccc(-c2nc(-c3ccccc3)nc(-c3ccc(-c4ccc(-c5ccc6ccccc6c5)c5oc6cc7cnccc7cc6c45)cc3)n2)cc1. The highest BCUT2D eigenvalue weighted by molar-refractivity contribution is 6.18. The van der Waals surface area contributed by atoms with Gasteiger partial charge >= 0.3 is 0 Å². The molecule has 3 aromatic heterocycles. The third-order valence-electron chi connectivity index (χ3n) is 9.59. The van der Waals surface area contributed by atoms with Gasteiger partial charge in [-0.3, -0.25) is 4.98 Å². The fraction of sp³-hybridized carbons (Fsp3) is 0. The van der Waals surface area contributed by atoms with E-state index in [1.807, 2.05) is 73.1 Å². The molecule has 0 fully saturated rings. The molecule has 0 radical (unpaired) electrons. The molecule has 0 aliphatic heterocycles. The Balaban J connectivity index is 1.14. The van der Waals surface area contributed by atoms with Crippen molar-refractivity contribution >= 4 is 43.5 Å². The van der Waals surface area contributed by atoms with Crippen LogP contribution < -0.4 is 0 Å². The molecule has 0 saturated heterocycles. The maximum absolute atomic E-state index is 6.77. The van der Waals surface area contributed by atoms with Crippen LogP contribution in [0, 0.1) is 0 Å². The van der Waals surface area contributed by atoms with Crippen molar-refractivity contribution < 1.29 is 4.42 Å². The minimum atomic E-state index is 0.625. The number of rotatable bonds is 5. The normalized spacial score (nSPS) is 11.5. The highest BCUT2D eigenvalue weighted by atomic mass is 16.3. The maximum atomic E-state index is 6.77. The molecule has 0 aliphatic rings. The van der Waals surface area contributed by atoms with E-state index >= 15 is 0 Å². The zero-order chi connectivity index (χ0) is 33.7. The van der Waals surface area contributed by atoms with Crippen LogP contribution in [0.15, 0.2) is 175 Å². The van der Waals surface area contributed by atoms with E-state index < -0.39 is 0 Å². The monoisotopic (exact) mass is 652 g/mol. The van der Waals surface area contributed by atoms with Crippen LogP contribution in [0.25, 0.3) is 99.9 Å². The Hall–Kier alpha value is -6.98. The molecule has 3 heterocycles. The second-order valence-corrected chi connectivity index (χ2v) is 12.7. The van der Waals surface area contributed by atoms with Gasteiger partial charge in [0, 0.05) is 50.8 Å². The first kappa shape index (κ1) is 29.0. The summed E-state index contributed by atoms with van der Waals surface area (Å²) in [6, 6.07) is 54.4. The van der Waals surface area contributed by atoms with E-state index in [0.29, 0.717) is 17.5 Å². The molecule has 10 rings (SSSR count). The smallest absolute Gasteiger partial charge is 0.164 e. The molecular weight excluding hydrogens is 625 g/mol. The quantitative estimate of drug-likeness (QED) is 0.185. The first-order chi connectivity index (χ1) is 25.2. The van der Waals surface area contributed by atoms with Crippen LogP contribution in [0.4, 0.5) is 0 Å². The number of hydrogen-bond acceptors (Lipinski definition) is 5. The van der Waals surface area contributed by atoms with Gasteiger partial charge in [0.05, 0.1) is 0 Å². The fourth-order valence-corrected chi connectivity index (χ4v) is 7.02. The molecule has 0 saturated carbocycles. The van der Waals surface area contributed by atoms with Gasteiger partial charge in [0.25, 0.3) is 0 Å². The number of pyridine rings is 1. The van der Waals surface area contributed by atoms with Crippen LogP contribution in [0.5, 0.6) is 0 Å². The summed E-state index contributed by atoms with van der Waals surface area (Å²) in [4.78, 5) is 19.1. The lowest BCUT2D eigenvalue weighted by Crippen LogP contribution is -2.00. The lowest BCUT2D eigenvalue weighted by Gasteiger charge is -2.11. The number of aromatic nitrogens is 4. The van der Waals surface area contributed by atoms with E-state index in [9.17, 15) is 0 Å². The van der Waals surface area contributed by atoms with Gasteiger partial charge in [-0.25, -0.2) is 15.0 Å².